The Hall–Kier alpha value is -2.03. The second kappa shape index (κ2) is 8.98. The molecule has 1 aromatic rings. The molecule has 3 heteroatoms. The lowest BCUT2D eigenvalue weighted by Crippen LogP contribution is -2.43. The summed E-state index contributed by atoms with van der Waals surface area (Å²) in [5, 5.41) is 0. The van der Waals surface area contributed by atoms with Gasteiger partial charge < -0.3 is 9.47 Å². The van der Waals surface area contributed by atoms with Crippen LogP contribution in [0.3, 0.4) is 0 Å². The zero-order valence-electron chi connectivity index (χ0n) is 17.7. The summed E-state index contributed by atoms with van der Waals surface area (Å²) in [6.45, 7) is 8.68. The molecule has 3 nitrogen and oxygen atoms in total. The molecule has 28 heavy (non-hydrogen) atoms. The van der Waals surface area contributed by atoms with Gasteiger partial charge in [-0.15, -0.1) is 0 Å². The fourth-order valence-electron chi connectivity index (χ4n) is 4.62. The van der Waals surface area contributed by atoms with Crippen molar-refractivity contribution in [2.24, 2.45) is 11.8 Å². The topological polar surface area (TPSA) is 35.5 Å². The Bertz CT molecular complexity index is 717. The molecule has 0 saturated heterocycles. The minimum atomic E-state index is -0.203. The van der Waals surface area contributed by atoms with Gasteiger partial charge in [-0.1, -0.05) is 57.5 Å². The van der Waals surface area contributed by atoms with Crippen LogP contribution in [0.4, 0.5) is 0 Å². The van der Waals surface area contributed by atoms with E-state index in [-0.39, 0.29) is 23.6 Å². The fraction of sp³-hybridized carbons (Fsp3) is 0.560. The van der Waals surface area contributed by atoms with Gasteiger partial charge in [0.25, 0.3) is 0 Å². The van der Waals surface area contributed by atoms with E-state index >= 15 is 0 Å². The summed E-state index contributed by atoms with van der Waals surface area (Å²) in [7, 11) is 0. The molecule has 1 aromatic carbocycles. The van der Waals surface area contributed by atoms with Gasteiger partial charge >= 0.3 is 5.97 Å². The van der Waals surface area contributed by atoms with Crippen LogP contribution in [0.1, 0.15) is 65.4 Å². The fourth-order valence-corrected chi connectivity index (χ4v) is 4.62. The van der Waals surface area contributed by atoms with Crippen molar-refractivity contribution in [2.45, 2.75) is 77.4 Å². The molecule has 0 N–H and O–H groups in total. The number of allylic oxidation sites excluding steroid dienone is 1. The monoisotopic (exact) mass is 382 g/mol. The maximum absolute atomic E-state index is 12.8. The van der Waals surface area contributed by atoms with Gasteiger partial charge in [-0.2, -0.15) is 0 Å². The molecule has 1 aliphatic heterocycles. The predicted octanol–water partition coefficient (Wildman–Crippen LogP) is 5.95. The van der Waals surface area contributed by atoms with E-state index in [0.717, 1.165) is 25.7 Å². The minimum Gasteiger partial charge on any atom is -0.494 e. The Morgan fingerprint density at radius 3 is 2.61 bits per heavy atom. The quantitative estimate of drug-likeness (QED) is 0.466. The van der Waals surface area contributed by atoms with Crippen molar-refractivity contribution in [2.75, 3.05) is 0 Å². The van der Waals surface area contributed by atoms with Gasteiger partial charge in [0.1, 0.15) is 12.2 Å². The van der Waals surface area contributed by atoms with Gasteiger partial charge in [-0.3, -0.25) is 0 Å². The lowest BCUT2D eigenvalue weighted by Gasteiger charge is -2.44. The third-order valence-electron chi connectivity index (χ3n) is 6.48. The van der Waals surface area contributed by atoms with Crippen molar-refractivity contribution in [3.05, 3.63) is 59.9 Å². The van der Waals surface area contributed by atoms with Crippen molar-refractivity contribution in [3.8, 4) is 0 Å². The Labute approximate surface area is 169 Å². The van der Waals surface area contributed by atoms with E-state index in [0.29, 0.717) is 17.4 Å². The Balaban J connectivity index is 1.74. The van der Waals surface area contributed by atoms with E-state index in [1.807, 2.05) is 19.1 Å². The summed E-state index contributed by atoms with van der Waals surface area (Å²) in [5.74, 6) is 0.694. The average molecular weight is 383 g/mol. The van der Waals surface area contributed by atoms with Crippen LogP contribution in [-0.2, 0) is 19.7 Å². The van der Waals surface area contributed by atoms with E-state index in [4.69, 9.17) is 9.47 Å². The molecule has 152 valence electrons. The summed E-state index contributed by atoms with van der Waals surface area (Å²) >= 11 is 0. The van der Waals surface area contributed by atoms with Crippen LogP contribution in [0.15, 0.2) is 54.3 Å². The van der Waals surface area contributed by atoms with Gasteiger partial charge in [0.05, 0.1) is 6.26 Å². The zero-order chi connectivity index (χ0) is 20.1. The number of carbonyl (C=O) groups is 1. The van der Waals surface area contributed by atoms with Gasteiger partial charge in [-0.05, 0) is 61.7 Å². The lowest BCUT2D eigenvalue weighted by molar-refractivity contribution is -0.151. The molecular weight excluding hydrogens is 348 g/mol. The molecule has 0 unspecified atom stereocenters. The summed E-state index contributed by atoms with van der Waals surface area (Å²) in [5.41, 5.74) is 1.92. The van der Waals surface area contributed by atoms with Crippen molar-refractivity contribution in [1.82, 2.24) is 0 Å². The largest absolute Gasteiger partial charge is 0.494 e. The Morgan fingerprint density at radius 2 is 1.93 bits per heavy atom. The number of ether oxygens (including phenoxy) is 2. The first kappa shape index (κ1) is 20.7. The number of rotatable bonds is 5. The summed E-state index contributed by atoms with van der Waals surface area (Å²) < 4.78 is 11.7. The smallest absolute Gasteiger partial charge is 0.333 e. The van der Waals surface area contributed by atoms with Crippen molar-refractivity contribution in [3.63, 3.8) is 0 Å². The molecule has 1 heterocycles. The highest BCUT2D eigenvalue weighted by Gasteiger charge is 2.42. The maximum atomic E-state index is 12.8. The molecule has 0 radical (unpaired) electrons. The van der Waals surface area contributed by atoms with E-state index in [1.54, 1.807) is 6.26 Å². The van der Waals surface area contributed by atoms with Crippen molar-refractivity contribution >= 4 is 5.97 Å². The van der Waals surface area contributed by atoms with Gasteiger partial charge in [0.2, 0.25) is 0 Å². The van der Waals surface area contributed by atoms with Crippen LogP contribution in [-0.4, -0.2) is 18.2 Å². The number of benzene rings is 1. The minimum absolute atomic E-state index is 0.0283. The molecule has 0 amide bonds. The maximum Gasteiger partial charge on any atom is 0.333 e. The first-order chi connectivity index (χ1) is 13.4. The first-order valence-electron chi connectivity index (χ1n) is 10.6. The molecular formula is C25H34O3. The average Bonchev–Trinajstić information content (AvgIpc) is 2.69. The van der Waals surface area contributed by atoms with Gasteiger partial charge in [0.15, 0.2) is 0 Å². The summed E-state index contributed by atoms with van der Waals surface area (Å²) in [4.78, 5) is 12.8. The van der Waals surface area contributed by atoms with Crippen LogP contribution in [0.5, 0.6) is 0 Å². The number of hydrogen-bond acceptors (Lipinski definition) is 3. The lowest BCUT2D eigenvalue weighted by atomic mass is 9.64. The SMILES string of the molecule is C/C(=C/[C@@H]1CCC=CO1)C(=O)O[C@@H]1C[C@H](C)CC[C@H]1C(C)(C)c1ccccc1. The molecule has 2 aliphatic rings. The molecule has 1 aliphatic carbocycles. The Morgan fingerprint density at radius 1 is 1.18 bits per heavy atom. The van der Waals surface area contributed by atoms with E-state index < -0.39 is 0 Å². The van der Waals surface area contributed by atoms with E-state index in [9.17, 15) is 4.79 Å². The van der Waals surface area contributed by atoms with Gasteiger partial charge in [0, 0.05) is 11.5 Å². The van der Waals surface area contributed by atoms with Crippen LogP contribution < -0.4 is 0 Å². The van der Waals surface area contributed by atoms with Crippen LogP contribution in [0, 0.1) is 11.8 Å². The highest BCUT2D eigenvalue weighted by atomic mass is 16.5. The standard InChI is InChI=1S/C25H34O3/c1-18-13-14-22(25(3,4)20-10-6-5-7-11-20)23(16-18)28-24(26)19(2)17-21-12-8-9-15-27-21/h5-7,9-11,15,17-18,21-23H,8,12-14,16H2,1-4H3/b19-17-/t18-,21+,22-,23-/m1/s1. The summed E-state index contributed by atoms with van der Waals surface area (Å²) in [6, 6.07) is 10.6. The first-order valence-corrected chi connectivity index (χ1v) is 10.6. The van der Waals surface area contributed by atoms with Crippen molar-refractivity contribution < 1.29 is 14.3 Å². The van der Waals surface area contributed by atoms with Crippen molar-refractivity contribution in [1.29, 1.82) is 0 Å². The highest BCUT2D eigenvalue weighted by molar-refractivity contribution is 5.88. The second-order valence-corrected chi connectivity index (χ2v) is 9.03. The normalized spacial score (nSPS) is 28.5. The molecule has 4 atom stereocenters. The molecule has 0 aromatic heterocycles. The second-order valence-electron chi connectivity index (χ2n) is 9.03. The third kappa shape index (κ3) is 4.87. The van der Waals surface area contributed by atoms with Gasteiger partial charge in [-0.25, -0.2) is 4.79 Å². The molecule has 3 rings (SSSR count). The van der Waals surface area contributed by atoms with E-state index in [1.165, 1.54) is 12.0 Å². The van der Waals surface area contributed by atoms with Crippen LogP contribution >= 0.6 is 0 Å². The third-order valence-corrected chi connectivity index (χ3v) is 6.48. The molecule has 1 fully saturated rings. The predicted molar refractivity (Wildman–Crippen MR) is 113 cm³/mol. The molecule has 0 spiro atoms. The highest BCUT2D eigenvalue weighted by Crippen LogP contribution is 2.43. The molecule has 1 saturated carbocycles. The summed E-state index contributed by atoms with van der Waals surface area (Å²) in [6.07, 6.45) is 10.7. The Kier molecular flexibility index (Phi) is 6.64. The number of hydrogen-bond donors (Lipinski definition) is 0. The zero-order valence-corrected chi connectivity index (χ0v) is 17.7. The molecule has 0 bridgehead atoms. The van der Waals surface area contributed by atoms with E-state index in [2.05, 4.69) is 51.1 Å². The van der Waals surface area contributed by atoms with Crippen LogP contribution in [0.2, 0.25) is 0 Å². The number of esters is 1. The number of carbonyl (C=O) groups excluding carboxylic acids is 1. The van der Waals surface area contributed by atoms with Crippen LogP contribution in [0.25, 0.3) is 0 Å².